The summed E-state index contributed by atoms with van der Waals surface area (Å²) in [4.78, 5) is 27.7. The predicted octanol–water partition coefficient (Wildman–Crippen LogP) is 4.91. The van der Waals surface area contributed by atoms with Crippen LogP contribution in [0.2, 0.25) is 10.0 Å². The molecular weight excluding hydrogens is 521 g/mol. The molecule has 0 bridgehead atoms. The molecule has 0 aromatic heterocycles. The summed E-state index contributed by atoms with van der Waals surface area (Å²) < 4.78 is 26.1. The zero-order valence-corrected chi connectivity index (χ0v) is 23.5. The van der Waals surface area contributed by atoms with Crippen molar-refractivity contribution in [1.82, 2.24) is 10.2 Å². The minimum absolute atomic E-state index is 0.00297. The maximum absolute atomic E-state index is 13.3. The molecule has 0 aliphatic carbocycles. The summed E-state index contributed by atoms with van der Waals surface area (Å²) in [7, 11) is -3.67. The van der Waals surface area contributed by atoms with Crippen LogP contribution in [0.5, 0.6) is 0 Å². The first kappa shape index (κ1) is 29.9. The van der Waals surface area contributed by atoms with Crippen molar-refractivity contribution in [3.05, 3.63) is 64.1 Å². The molecule has 36 heavy (non-hydrogen) atoms. The molecule has 7 nitrogen and oxygen atoms in total. The second-order valence-electron chi connectivity index (χ2n) is 8.85. The van der Waals surface area contributed by atoms with E-state index in [0.29, 0.717) is 18.0 Å². The number of hydrogen-bond donors (Lipinski definition) is 1. The number of nitrogens with zero attached hydrogens (tertiary/aromatic N) is 2. The summed E-state index contributed by atoms with van der Waals surface area (Å²) in [5.41, 5.74) is 1.32. The van der Waals surface area contributed by atoms with Crippen molar-refractivity contribution in [3.8, 4) is 0 Å². The van der Waals surface area contributed by atoms with Crippen LogP contribution in [0, 0.1) is 0 Å². The number of carbonyl (C=O) groups excluding carboxylic acids is 2. The highest BCUT2D eigenvalue weighted by atomic mass is 35.5. The van der Waals surface area contributed by atoms with Gasteiger partial charge in [-0.25, -0.2) is 8.42 Å². The number of sulfonamides is 1. The van der Waals surface area contributed by atoms with E-state index in [1.54, 1.807) is 17.9 Å². The molecule has 2 unspecified atom stereocenters. The molecule has 2 amide bonds. The van der Waals surface area contributed by atoms with Crippen molar-refractivity contribution in [3.63, 3.8) is 0 Å². The fraction of sp³-hybridized carbons (Fsp3) is 0.462. The largest absolute Gasteiger partial charge is 0.352 e. The smallest absolute Gasteiger partial charge is 0.242 e. The molecule has 0 aliphatic rings. The van der Waals surface area contributed by atoms with Gasteiger partial charge in [-0.2, -0.15) is 0 Å². The van der Waals surface area contributed by atoms with Gasteiger partial charge in [0.05, 0.1) is 17.0 Å². The SMILES string of the molecule is CCC(C)NC(=O)C(C)N(CCc1ccccc1)C(=O)CCCN(c1cc(Cl)ccc1Cl)S(C)(=O)=O. The molecule has 2 aromatic carbocycles. The fourth-order valence-electron chi connectivity index (χ4n) is 3.69. The third-order valence-corrected chi connectivity index (χ3v) is 7.72. The molecule has 0 saturated carbocycles. The highest BCUT2D eigenvalue weighted by molar-refractivity contribution is 7.92. The number of halogens is 2. The Hall–Kier alpha value is -2.29. The molecule has 0 spiro atoms. The van der Waals surface area contributed by atoms with Gasteiger partial charge in [0, 0.05) is 30.6 Å². The molecule has 0 fully saturated rings. The number of carbonyl (C=O) groups is 2. The van der Waals surface area contributed by atoms with Crippen LogP contribution in [0.4, 0.5) is 5.69 Å². The molecule has 1 N–H and O–H groups in total. The number of anilines is 1. The van der Waals surface area contributed by atoms with E-state index in [1.165, 1.54) is 12.1 Å². The molecular formula is C26H35Cl2N3O4S. The number of rotatable bonds is 13. The Bertz CT molecular complexity index is 1130. The van der Waals surface area contributed by atoms with Crippen LogP contribution in [0.1, 0.15) is 45.6 Å². The van der Waals surface area contributed by atoms with Gasteiger partial charge in [0.1, 0.15) is 6.04 Å². The van der Waals surface area contributed by atoms with E-state index in [2.05, 4.69) is 5.32 Å². The lowest BCUT2D eigenvalue weighted by Crippen LogP contribution is -2.50. The summed E-state index contributed by atoms with van der Waals surface area (Å²) in [5, 5.41) is 3.54. The van der Waals surface area contributed by atoms with Gasteiger partial charge in [0.2, 0.25) is 21.8 Å². The van der Waals surface area contributed by atoms with Crippen LogP contribution in [0.25, 0.3) is 0 Å². The van der Waals surface area contributed by atoms with Gasteiger partial charge in [-0.05, 0) is 56.9 Å². The monoisotopic (exact) mass is 555 g/mol. The van der Waals surface area contributed by atoms with E-state index in [9.17, 15) is 18.0 Å². The second-order valence-corrected chi connectivity index (χ2v) is 11.6. The van der Waals surface area contributed by atoms with Crippen LogP contribution in [-0.2, 0) is 26.0 Å². The zero-order chi connectivity index (χ0) is 26.9. The topological polar surface area (TPSA) is 86.8 Å². The van der Waals surface area contributed by atoms with Crippen molar-refractivity contribution in [2.45, 2.75) is 58.5 Å². The van der Waals surface area contributed by atoms with Crippen LogP contribution >= 0.6 is 23.2 Å². The van der Waals surface area contributed by atoms with Gasteiger partial charge in [0.25, 0.3) is 0 Å². The Morgan fingerprint density at radius 2 is 1.69 bits per heavy atom. The third-order valence-electron chi connectivity index (χ3n) is 5.98. The Labute approximate surface area is 224 Å². The summed E-state index contributed by atoms with van der Waals surface area (Å²) in [5.74, 6) is -0.433. The van der Waals surface area contributed by atoms with Crippen molar-refractivity contribution in [2.24, 2.45) is 0 Å². The molecule has 0 saturated heterocycles. The maximum Gasteiger partial charge on any atom is 0.242 e. The normalized spacial score (nSPS) is 13.1. The average molecular weight is 557 g/mol. The van der Waals surface area contributed by atoms with Crippen LogP contribution < -0.4 is 9.62 Å². The summed E-state index contributed by atoms with van der Waals surface area (Å²) >= 11 is 12.3. The van der Waals surface area contributed by atoms with Gasteiger partial charge in [-0.15, -0.1) is 0 Å². The standard InChI is InChI=1S/C26H35Cl2N3O4S/c1-5-19(2)29-26(33)20(3)30(17-15-21-10-7-6-8-11-21)25(32)12-9-16-31(36(4,34)35)24-18-22(27)13-14-23(24)28/h6-8,10-11,13-14,18-20H,5,9,12,15-17H2,1-4H3,(H,29,33). The summed E-state index contributed by atoms with van der Waals surface area (Å²) in [6.45, 7) is 6.03. The Morgan fingerprint density at radius 1 is 1.03 bits per heavy atom. The maximum atomic E-state index is 13.3. The Morgan fingerprint density at radius 3 is 2.31 bits per heavy atom. The van der Waals surface area contributed by atoms with Gasteiger partial charge in [0.15, 0.2) is 0 Å². The molecule has 2 rings (SSSR count). The van der Waals surface area contributed by atoms with Gasteiger partial charge >= 0.3 is 0 Å². The van der Waals surface area contributed by atoms with E-state index in [0.717, 1.165) is 22.5 Å². The van der Waals surface area contributed by atoms with E-state index in [1.807, 2.05) is 44.2 Å². The highest BCUT2D eigenvalue weighted by Gasteiger charge is 2.27. The lowest BCUT2D eigenvalue weighted by atomic mass is 10.1. The van der Waals surface area contributed by atoms with Crippen molar-refractivity contribution >= 4 is 50.7 Å². The first-order valence-electron chi connectivity index (χ1n) is 12.0. The van der Waals surface area contributed by atoms with Crippen LogP contribution in [0.15, 0.2) is 48.5 Å². The summed E-state index contributed by atoms with van der Waals surface area (Å²) in [6, 6.07) is 13.7. The number of hydrogen-bond acceptors (Lipinski definition) is 4. The minimum Gasteiger partial charge on any atom is -0.352 e. The molecule has 2 aromatic rings. The quantitative estimate of drug-likeness (QED) is 0.380. The van der Waals surface area contributed by atoms with Gasteiger partial charge in [-0.3, -0.25) is 13.9 Å². The van der Waals surface area contributed by atoms with Crippen LogP contribution in [-0.4, -0.2) is 56.6 Å². The van der Waals surface area contributed by atoms with E-state index < -0.39 is 16.1 Å². The van der Waals surface area contributed by atoms with E-state index in [4.69, 9.17) is 23.2 Å². The summed E-state index contributed by atoms with van der Waals surface area (Å²) in [6.07, 6.45) is 2.78. The lowest BCUT2D eigenvalue weighted by molar-refractivity contribution is -0.140. The van der Waals surface area contributed by atoms with Gasteiger partial charge in [-0.1, -0.05) is 60.5 Å². The molecule has 0 heterocycles. The zero-order valence-electron chi connectivity index (χ0n) is 21.2. The highest BCUT2D eigenvalue weighted by Crippen LogP contribution is 2.31. The lowest BCUT2D eigenvalue weighted by Gasteiger charge is -2.30. The van der Waals surface area contributed by atoms with E-state index in [-0.39, 0.29) is 48.0 Å². The second kappa shape index (κ2) is 13.9. The van der Waals surface area contributed by atoms with Gasteiger partial charge < -0.3 is 10.2 Å². The minimum atomic E-state index is -3.67. The van der Waals surface area contributed by atoms with Crippen LogP contribution in [0.3, 0.4) is 0 Å². The fourth-order valence-corrected chi connectivity index (χ4v) is 5.10. The third kappa shape index (κ3) is 8.98. The Kier molecular flexibility index (Phi) is 11.5. The number of benzene rings is 2. The van der Waals surface area contributed by atoms with E-state index >= 15 is 0 Å². The van der Waals surface area contributed by atoms with Crippen molar-refractivity contribution in [1.29, 1.82) is 0 Å². The van der Waals surface area contributed by atoms with Crippen molar-refractivity contribution < 1.29 is 18.0 Å². The number of amides is 2. The Balaban J connectivity index is 2.15. The number of nitrogens with one attached hydrogen (secondary N) is 1. The first-order chi connectivity index (χ1) is 16.9. The molecule has 0 radical (unpaired) electrons. The predicted molar refractivity (Wildman–Crippen MR) is 147 cm³/mol. The molecule has 10 heteroatoms. The molecule has 0 aliphatic heterocycles. The first-order valence-corrected chi connectivity index (χ1v) is 14.6. The van der Waals surface area contributed by atoms with Crippen molar-refractivity contribution in [2.75, 3.05) is 23.7 Å². The average Bonchev–Trinajstić information content (AvgIpc) is 2.83. The molecule has 2 atom stereocenters. The molecule has 198 valence electrons.